The second kappa shape index (κ2) is 4.28. The Hall–Kier alpha value is -0.940. The maximum absolute atomic E-state index is 13.1. The zero-order valence-corrected chi connectivity index (χ0v) is 9.93. The molecule has 0 heterocycles. The van der Waals surface area contributed by atoms with Crippen molar-refractivity contribution in [1.29, 1.82) is 0 Å². The number of hydrogen-bond donors (Lipinski definition) is 2. The molecule has 0 aliphatic rings. The average molecular weight is 276 g/mol. The van der Waals surface area contributed by atoms with Crippen molar-refractivity contribution >= 4 is 27.5 Å². The maximum atomic E-state index is 13.1. The summed E-state index contributed by atoms with van der Waals surface area (Å²) < 4.78 is 13.2. The molecule has 1 aromatic carbocycles. The first-order valence-corrected chi connectivity index (χ1v) is 5.09. The molecule has 2 N–H and O–H groups in total. The first kappa shape index (κ1) is 12.1. The van der Waals surface area contributed by atoms with Crippen molar-refractivity contribution in [2.75, 3.05) is 5.32 Å². The van der Waals surface area contributed by atoms with E-state index >= 15 is 0 Å². The summed E-state index contributed by atoms with van der Waals surface area (Å²) in [6.45, 7) is 2.71. The van der Waals surface area contributed by atoms with Crippen LogP contribution >= 0.6 is 15.9 Å². The summed E-state index contributed by atoms with van der Waals surface area (Å²) in [6.07, 6.45) is 0. The van der Waals surface area contributed by atoms with Gasteiger partial charge >= 0.3 is 0 Å². The molecule has 0 saturated heterocycles. The van der Waals surface area contributed by atoms with Gasteiger partial charge in [0.25, 0.3) is 5.91 Å². The van der Waals surface area contributed by atoms with Gasteiger partial charge in [-0.05, 0) is 41.9 Å². The third-order valence-electron chi connectivity index (χ3n) is 1.76. The fourth-order valence-corrected chi connectivity index (χ4v) is 1.24. The molecule has 0 radical (unpaired) electrons. The van der Waals surface area contributed by atoms with E-state index in [0.717, 1.165) is 0 Å². The van der Waals surface area contributed by atoms with Gasteiger partial charge < -0.3 is 10.4 Å². The Kier molecular flexibility index (Phi) is 3.46. The quantitative estimate of drug-likeness (QED) is 0.870. The second-order valence-electron chi connectivity index (χ2n) is 3.61. The Morgan fingerprint density at radius 1 is 1.53 bits per heavy atom. The van der Waals surface area contributed by atoms with Crippen LogP contribution in [0.25, 0.3) is 0 Å². The number of carbonyl (C=O) groups excluding carboxylic acids is 1. The third-order valence-corrected chi connectivity index (χ3v) is 2.56. The molecular weight excluding hydrogens is 265 g/mol. The highest BCUT2D eigenvalue weighted by atomic mass is 79.9. The Morgan fingerprint density at radius 2 is 2.13 bits per heavy atom. The van der Waals surface area contributed by atoms with Crippen LogP contribution in [0, 0.1) is 5.82 Å². The number of anilines is 1. The third kappa shape index (κ3) is 3.00. The van der Waals surface area contributed by atoms with Crippen molar-refractivity contribution in [2.24, 2.45) is 0 Å². The summed E-state index contributed by atoms with van der Waals surface area (Å²) in [7, 11) is 0. The SMILES string of the molecule is CC(C)(O)C(=O)Nc1cccc(F)c1Br. The van der Waals surface area contributed by atoms with E-state index in [1.807, 2.05) is 0 Å². The lowest BCUT2D eigenvalue weighted by molar-refractivity contribution is -0.130. The van der Waals surface area contributed by atoms with Gasteiger partial charge in [-0.2, -0.15) is 0 Å². The maximum Gasteiger partial charge on any atom is 0.255 e. The topological polar surface area (TPSA) is 49.3 Å². The molecular formula is C10H11BrFNO2. The normalized spacial score (nSPS) is 11.3. The van der Waals surface area contributed by atoms with Crippen molar-refractivity contribution in [1.82, 2.24) is 0 Å². The summed E-state index contributed by atoms with van der Waals surface area (Å²) in [5, 5.41) is 11.8. The molecule has 15 heavy (non-hydrogen) atoms. The van der Waals surface area contributed by atoms with Gasteiger partial charge in [-0.25, -0.2) is 4.39 Å². The number of benzene rings is 1. The Balaban J connectivity index is 2.91. The van der Waals surface area contributed by atoms with Crippen molar-refractivity contribution in [3.05, 3.63) is 28.5 Å². The fourth-order valence-electron chi connectivity index (χ4n) is 0.876. The number of rotatable bonds is 2. The van der Waals surface area contributed by atoms with Gasteiger partial charge in [0.05, 0.1) is 10.2 Å². The predicted octanol–water partition coefficient (Wildman–Crippen LogP) is 2.30. The number of nitrogens with one attached hydrogen (secondary N) is 1. The predicted molar refractivity (Wildman–Crippen MR) is 59.0 cm³/mol. The monoisotopic (exact) mass is 275 g/mol. The lowest BCUT2D eigenvalue weighted by Gasteiger charge is -2.17. The molecule has 0 aliphatic heterocycles. The highest BCUT2D eigenvalue weighted by molar-refractivity contribution is 9.10. The summed E-state index contributed by atoms with van der Waals surface area (Å²) in [5.74, 6) is -1.06. The molecule has 0 atom stereocenters. The molecule has 3 nitrogen and oxygen atoms in total. The van der Waals surface area contributed by atoms with E-state index in [9.17, 15) is 14.3 Å². The average Bonchev–Trinajstić information content (AvgIpc) is 2.11. The molecule has 0 aromatic heterocycles. The lowest BCUT2D eigenvalue weighted by atomic mass is 10.1. The Labute approximate surface area is 95.4 Å². The molecule has 0 bridgehead atoms. The van der Waals surface area contributed by atoms with E-state index in [1.165, 1.54) is 32.0 Å². The van der Waals surface area contributed by atoms with Gasteiger partial charge in [-0.1, -0.05) is 6.07 Å². The minimum atomic E-state index is -1.49. The number of aliphatic hydroxyl groups is 1. The molecule has 1 aromatic rings. The van der Waals surface area contributed by atoms with Crippen LogP contribution in [0.4, 0.5) is 10.1 Å². The van der Waals surface area contributed by atoms with Gasteiger partial charge in [0.2, 0.25) is 0 Å². The van der Waals surface area contributed by atoms with Gasteiger partial charge in [0.1, 0.15) is 11.4 Å². The first-order chi connectivity index (χ1) is 6.82. The highest BCUT2D eigenvalue weighted by Crippen LogP contribution is 2.25. The molecule has 0 aliphatic carbocycles. The zero-order chi connectivity index (χ0) is 11.6. The smallest absolute Gasteiger partial charge is 0.255 e. The fraction of sp³-hybridized carbons (Fsp3) is 0.300. The first-order valence-electron chi connectivity index (χ1n) is 4.30. The Bertz CT molecular complexity index is 387. The lowest BCUT2D eigenvalue weighted by Crippen LogP contribution is -2.36. The number of hydrogen-bond acceptors (Lipinski definition) is 2. The van der Waals surface area contributed by atoms with Crippen molar-refractivity contribution in [3.8, 4) is 0 Å². The van der Waals surface area contributed by atoms with E-state index in [2.05, 4.69) is 21.2 Å². The van der Waals surface area contributed by atoms with Gasteiger partial charge in [0.15, 0.2) is 0 Å². The molecule has 0 saturated carbocycles. The van der Waals surface area contributed by atoms with Gasteiger partial charge in [0, 0.05) is 0 Å². The van der Waals surface area contributed by atoms with E-state index < -0.39 is 17.3 Å². The van der Waals surface area contributed by atoms with Crippen LogP contribution in [0.1, 0.15) is 13.8 Å². The van der Waals surface area contributed by atoms with E-state index in [-0.39, 0.29) is 4.47 Å². The molecule has 82 valence electrons. The van der Waals surface area contributed by atoms with E-state index in [0.29, 0.717) is 5.69 Å². The van der Waals surface area contributed by atoms with Gasteiger partial charge in [-0.15, -0.1) is 0 Å². The largest absolute Gasteiger partial charge is 0.381 e. The number of halogens is 2. The number of amides is 1. The van der Waals surface area contributed by atoms with Crippen molar-refractivity contribution in [2.45, 2.75) is 19.4 Å². The second-order valence-corrected chi connectivity index (χ2v) is 4.41. The molecule has 1 amide bonds. The van der Waals surface area contributed by atoms with Crippen molar-refractivity contribution < 1.29 is 14.3 Å². The zero-order valence-electron chi connectivity index (χ0n) is 8.34. The standard InChI is InChI=1S/C10H11BrFNO2/c1-10(2,15)9(14)13-7-5-3-4-6(12)8(7)11/h3-5,15H,1-2H3,(H,13,14). The van der Waals surface area contributed by atoms with Crippen molar-refractivity contribution in [3.63, 3.8) is 0 Å². The molecule has 5 heteroatoms. The summed E-state index contributed by atoms with van der Waals surface area (Å²) in [5.41, 5.74) is -1.20. The molecule has 0 unspecified atom stereocenters. The highest BCUT2D eigenvalue weighted by Gasteiger charge is 2.24. The summed E-state index contributed by atoms with van der Waals surface area (Å²) >= 11 is 3.00. The van der Waals surface area contributed by atoms with E-state index in [4.69, 9.17) is 0 Å². The minimum absolute atomic E-state index is 0.169. The molecule has 1 rings (SSSR count). The molecule has 0 spiro atoms. The van der Waals surface area contributed by atoms with Crippen LogP contribution in [0.5, 0.6) is 0 Å². The summed E-state index contributed by atoms with van der Waals surface area (Å²) in [4.78, 5) is 11.4. The van der Waals surface area contributed by atoms with Gasteiger partial charge in [-0.3, -0.25) is 4.79 Å². The Morgan fingerprint density at radius 3 is 2.67 bits per heavy atom. The van der Waals surface area contributed by atoms with Crippen LogP contribution in [-0.4, -0.2) is 16.6 Å². The van der Waals surface area contributed by atoms with Crippen LogP contribution < -0.4 is 5.32 Å². The van der Waals surface area contributed by atoms with E-state index in [1.54, 1.807) is 0 Å². The number of carbonyl (C=O) groups is 1. The van der Waals surface area contributed by atoms with Crippen LogP contribution in [0.15, 0.2) is 22.7 Å². The van der Waals surface area contributed by atoms with Crippen LogP contribution in [0.3, 0.4) is 0 Å². The summed E-state index contributed by atoms with van der Waals surface area (Å²) in [6, 6.07) is 4.28. The van der Waals surface area contributed by atoms with Crippen LogP contribution in [0.2, 0.25) is 0 Å². The van der Waals surface area contributed by atoms with Crippen LogP contribution in [-0.2, 0) is 4.79 Å². The molecule has 0 fully saturated rings. The minimum Gasteiger partial charge on any atom is -0.381 e.